The molecule has 3 rings (SSSR count). The maximum absolute atomic E-state index is 12.3. The topological polar surface area (TPSA) is 98.3 Å². The van der Waals surface area contributed by atoms with Gasteiger partial charge in [0.05, 0.1) is 25.3 Å². The summed E-state index contributed by atoms with van der Waals surface area (Å²) >= 11 is 0. The van der Waals surface area contributed by atoms with Gasteiger partial charge in [-0.05, 0) is 13.8 Å². The number of carbonyl (C=O) groups is 1. The molecule has 0 radical (unpaired) electrons. The van der Waals surface area contributed by atoms with Gasteiger partial charge >= 0.3 is 0 Å². The number of aryl methyl sites for hydroxylation is 1. The van der Waals surface area contributed by atoms with Crippen molar-refractivity contribution in [1.29, 1.82) is 0 Å². The molecule has 2 aromatic heterocycles. The van der Waals surface area contributed by atoms with Gasteiger partial charge in [-0.3, -0.25) is 14.4 Å². The summed E-state index contributed by atoms with van der Waals surface area (Å²) in [6, 6.07) is 1.41. The van der Waals surface area contributed by atoms with Crippen LogP contribution >= 0.6 is 0 Å². The number of morpholine rings is 1. The number of nitrogens with one attached hydrogen (secondary N) is 1. The Morgan fingerprint density at radius 2 is 2.43 bits per heavy atom. The van der Waals surface area contributed by atoms with Crippen LogP contribution in [0.4, 0.5) is 5.82 Å². The summed E-state index contributed by atoms with van der Waals surface area (Å²) in [5, 5.41) is 10.6. The van der Waals surface area contributed by atoms with E-state index in [0.717, 1.165) is 0 Å². The summed E-state index contributed by atoms with van der Waals surface area (Å²) in [6.45, 7) is 6.23. The highest BCUT2D eigenvalue weighted by Gasteiger charge is 2.28. The molecule has 1 saturated heterocycles. The number of nitrogens with zero attached hydrogens (tertiary/aromatic N) is 5. The van der Waals surface area contributed by atoms with Crippen LogP contribution in [0.1, 0.15) is 12.7 Å². The van der Waals surface area contributed by atoms with Crippen molar-refractivity contribution in [3.05, 3.63) is 24.5 Å². The standard InChI is InChI=1S/C14H20N6O3/c1-10-5-13(18-23-10)17-14(21)11(2)19-3-4-22-12(6-19)7-20-9-15-8-16-20/h5,8-9,11-12H,3-4,6-7H2,1-2H3,(H,17,18,21)/t11-,12-/m0/s1. The second-order valence-corrected chi connectivity index (χ2v) is 5.59. The van der Waals surface area contributed by atoms with E-state index in [2.05, 4.69) is 25.5 Å². The molecular weight excluding hydrogens is 300 g/mol. The van der Waals surface area contributed by atoms with Crippen LogP contribution in [0.2, 0.25) is 0 Å². The van der Waals surface area contributed by atoms with Crippen molar-refractivity contribution >= 4 is 11.7 Å². The second-order valence-electron chi connectivity index (χ2n) is 5.59. The number of hydrogen-bond acceptors (Lipinski definition) is 7. The van der Waals surface area contributed by atoms with E-state index in [4.69, 9.17) is 9.26 Å². The highest BCUT2D eigenvalue weighted by Crippen LogP contribution is 2.13. The van der Waals surface area contributed by atoms with Gasteiger partial charge in [0.25, 0.3) is 0 Å². The van der Waals surface area contributed by atoms with E-state index in [1.807, 2.05) is 6.92 Å². The van der Waals surface area contributed by atoms with Crippen molar-refractivity contribution in [1.82, 2.24) is 24.8 Å². The SMILES string of the molecule is Cc1cc(NC(=O)[C@H](C)N2CCO[C@H](Cn3cncn3)C2)no1. The molecule has 0 aromatic carbocycles. The summed E-state index contributed by atoms with van der Waals surface area (Å²) in [5.41, 5.74) is 0. The van der Waals surface area contributed by atoms with Crippen LogP contribution in [0.3, 0.4) is 0 Å². The maximum Gasteiger partial charge on any atom is 0.242 e. The molecule has 9 heteroatoms. The summed E-state index contributed by atoms with van der Waals surface area (Å²) in [7, 11) is 0. The molecule has 1 fully saturated rings. The molecule has 0 saturated carbocycles. The quantitative estimate of drug-likeness (QED) is 0.846. The highest BCUT2D eigenvalue weighted by molar-refractivity contribution is 5.93. The molecule has 2 aromatic rings. The minimum Gasteiger partial charge on any atom is -0.374 e. The minimum absolute atomic E-state index is 0.0185. The van der Waals surface area contributed by atoms with E-state index in [1.54, 1.807) is 24.0 Å². The number of carbonyl (C=O) groups excluding carboxylic acids is 1. The predicted molar refractivity (Wildman–Crippen MR) is 80.7 cm³/mol. The number of amides is 1. The zero-order chi connectivity index (χ0) is 16.2. The third-order valence-corrected chi connectivity index (χ3v) is 3.83. The Kier molecular flexibility index (Phi) is 4.68. The van der Waals surface area contributed by atoms with Crippen molar-refractivity contribution in [2.75, 3.05) is 25.0 Å². The first kappa shape index (κ1) is 15.6. The van der Waals surface area contributed by atoms with Crippen LogP contribution in [0.5, 0.6) is 0 Å². The fourth-order valence-electron chi connectivity index (χ4n) is 2.56. The van der Waals surface area contributed by atoms with E-state index >= 15 is 0 Å². The molecule has 9 nitrogen and oxygen atoms in total. The molecular formula is C14H20N6O3. The summed E-state index contributed by atoms with van der Waals surface area (Å²) in [6.07, 6.45) is 3.14. The average molecular weight is 320 g/mol. The molecule has 1 N–H and O–H groups in total. The van der Waals surface area contributed by atoms with Gasteiger partial charge in [0.2, 0.25) is 5.91 Å². The van der Waals surface area contributed by atoms with Gasteiger partial charge in [-0.25, -0.2) is 4.98 Å². The molecule has 0 bridgehead atoms. The zero-order valence-electron chi connectivity index (χ0n) is 13.2. The van der Waals surface area contributed by atoms with Crippen LogP contribution in [0, 0.1) is 6.92 Å². The normalized spacial score (nSPS) is 20.3. The Balaban J connectivity index is 1.55. The summed E-state index contributed by atoms with van der Waals surface area (Å²) < 4.78 is 12.4. The third kappa shape index (κ3) is 3.93. The van der Waals surface area contributed by atoms with E-state index < -0.39 is 0 Å². The lowest BCUT2D eigenvalue weighted by atomic mass is 10.2. The Morgan fingerprint density at radius 3 is 3.13 bits per heavy atom. The molecule has 0 spiro atoms. The van der Waals surface area contributed by atoms with Gasteiger partial charge in [-0.2, -0.15) is 5.10 Å². The van der Waals surface area contributed by atoms with Crippen molar-refractivity contribution in [3.63, 3.8) is 0 Å². The van der Waals surface area contributed by atoms with Gasteiger partial charge in [0, 0.05) is 19.2 Å². The molecule has 23 heavy (non-hydrogen) atoms. The molecule has 0 aliphatic carbocycles. The Hall–Kier alpha value is -2.26. The first-order valence-corrected chi connectivity index (χ1v) is 7.54. The van der Waals surface area contributed by atoms with E-state index in [0.29, 0.717) is 37.8 Å². The predicted octanol–water partition coefficient (Wildman–Crippen LogP) is 0.303. The van der Waals surface area contributed by atoms with E-state index in [9.17, 15) is 4.79 Å². The lowest BCUT2D eigenvalue weighted by molar-refractivity contribution is -0.124. The molecule has 2 atom stereocenters. The molecule has 1 amide bonds. The Morgan fingerprint density at radius 1 is 1.57 bits per heavy atom. The number of anilines is 1. The minimum atomic E-state index is -0.283. The van der Waals surface area contributed by atoms with Crippen LogP contribution < -0.4 is 5.32 Å². The average Bonchev–Trinajstić information content (AvgIpc) is 3.18. The van der Waals surface area contributed by atoms with Crippen LogP contribution in [0.25, 0.3) is 0 Å². The lowest BCUT2D eigenvalue weighted by Gasteiger charge is -2.35. The fourth-order valence-corrected chi connectivity index (χ4v) is 2.56. The third-order valence-electron chi connectivity index (χ3n) is 3.83. The summed E-state index contributed by atoms with van der Waals surface area (Å²) in [4.78, 5) is 18.4. The van der Waals surface area contributed by atoms with Crippen molar-refractivity contribution in [2.45, 2.75) is 32.5 Å². The van der Waals surface area contributed by atoms with Gasteiger partial charge in [-0.15, -0.1) is 0 Å². The highest BCUT2D eigenvalue weighted by atomic mass is 16.5. The largest absolute Gasteiger partial charge is 0.374 e. The monoisotopic (exact) mass is 320 g/mol. The van der Waals surface area contributed by atoms with Crippen molar-refractivity contribution in [3.8, 4) is 0 Å². The molecule has 0 unspecified atom stereocenters. The van der Waals surface area contributed by atoms with E-state index in [1.165, 1.54) is 6.33 Å². The lowest BCUT2D eigenvalue weighted by Crippen LogP contribution is -2.51. The maximum atomic E-state index is 12.3. The number of ether oxygens (including phenoxy) is 1. The Labute approximate surface area is 133 Å². The Bertz CT molecular complexity index is 641. The van der Waals surface area contributed by atoms with Crippen LogP contribution in [-0.4, -0.2) is 62.6 Å². The van der Waals surface area contributed by atoms with Gasteiger partial charge in [0.15, 0.2) is 5.82 Å². The van der Waals surface area contributed by atoms with Crippen molar-refractivity contribution < 1.29 is 14.1 Å². The van der Waals surface area contributed by atoms with Gasteiger partial charge in [-0.1, -0.05) is 5.16 Å². The molecule has 3 heterocycles. The first-order valence-electron chi connectivity index (χ1n) is 7.54. The van der Waals surface area contributed by atoms with Gasteiger partial charge in [0.1, 0.15) is 18.4 Å². The van der Waals surface area contributed by atoms with Gasteiger partial charge < -0.3 is 14.6 Å². The number of rotatable bonds is 5. The summed E-state index contributed by atoms with van der Waals surface area (Å²) in [5.74, 6) is 0.985. The molecule has 1 aliphatic heterocycles. The zero-order valence-corrected chi connectivity index (χ0v) is 13.2. The first-order chi connectivity index (χ1) is 11.1. The second kappa shape index (κ2) is 6.88. The van der Waals surface area contributed by atoms with Crippen molar-refractivity contribution in [2.24, 2.45) is 0 Å². The number of hydrogen-bond donors (Lipinski definition) is 1. The van der Waals surface area contributed by atoms with E-state index in [-0.39, 0.29) is 18.1 Å². The van der Waals surface area contributed by atoms with Crippen LogP contribution in [0.15, 0.2) is 23.2 Å². The molecule has 1 aliphatic rings. The number of aromatic nitrogens is 4. The smallest absolute Gasteiger partial charge is 0.242 e. The molecule has 124 valence electrons. The fraction of sp³-hybridized carbons (Fsp3) is 0.571. The van der Waals surface area contributed by atoms with Crippen LogP contribution in [-0.2, 0) is 16.1 Å².